The fraction of sp³-hybridized carbons (Fsp3) is 0.0952. The molecule has 4 rings (SSSR count). The number of nitrogens with zero attached hydrogens (tertiary/aromatic N) is 2. The van der Waals surface area contributed by atoms with Crippen molar-refractivity contribution in [2.45, 2.75) is 13.5 Å². The van der Waals surface area contributed by atoms with Gasteiger partial charge in [-0.05, 0) is 30.7 Å². The smallest absolute Gasteiger partial charge is 0.337 e. The van der Waals surface area contributed by atoms with Crippen LogP contribution >= 0.6 is 34.5 Å². The van der Waals surface area contributed by atoms with E-state index in [1.807, 2.05) is 31.2 Å². The Morgan fingerprint density at radius 1 is 1.21 bits per heavy atom. The first-order chi connectivity index (χ1) is 13.8. The molecule has 1 N–H and O–H groups in total. The molecule has 2 aromatic heterocycles. The van der Waals surface area contributed by atoms with Crippen LogP contribution in [0.25, 0.3) is 21.6 Å². The molecule has 0 spiro atoms. The highest BCUT2D eigenvalue weighted by molar-refractivity contribution is 7.17. The van der Waals surface area contributed by atoms with Gasteiger partial charge in [0.15, 0.2) is 0 Å². The minimum atomic E-state index is -1.16. The quantitative estimate of drug-likeness (QED) is 0.451. The summed E-state index contributed by atoms with van der Waals surface area (Å²) in [6, 6.07) is 12.7. The summed E-state index contributed by atoms with van der Waals surface area (Å²) in [7, 11) is 0. The number of fused-ring (bicyclic) bond motifs is 1. The van der Waals surface area contributed by atoms with Gasteiger partial charge in [0.25, 0.3) is 5.56 Å². The van der Waals surface area contributed by atoms with E-state index in [0.29, 0.717) is 26.3 Å². The second-order valence-corrected chi connectivity index (χ2v) is 8.27. The molecular weight excluding hydrogens is 431 g/mol. The van der Waals surface area contributed by atoms with Crippen molar-refractivity contribution < 1.29 is 9.90 Å². The maximum absolute atomic E-state index is 13.4. The van der Waals surface area contributed by atoms with E-state index in [4.69, 9.17) is 23.2 Å². The standard InChI is InChI=1S/C21H14Cl2N2O3S/c1-11-3-2-4-12(7-11)18-24-19-17(15(10-29-19)21(27)28)20(26)25(18)9-13-5-6-14(22)8-16(13)23/h2-8,10H,9H2,1H3,(H,27,28). The van der Waals surface area contributed by atoms with E-state index in [0.717, 1.165) is 22.5 Å². The largest absolute Gasteiger partial charge is 0.478 e. The lowest BCUT2D eigenvalue weighted by Crippen LogP contribution is -2.25. The molecule has 2 heterocycles. The summed E-state index contributed by atoms with van der Waals surface area (Å²) < 4.78 is 1.46. The maximum atomic E-state index is 13.4. The Morgan fingerprint density at radius 3 is 2.69 bits per heavy atom. The molecular formula is C21H14Cl2N2O3S. The summed E-state index contributed by atoms with van der Waals surface area (Å²) >= 11 is 13.4. The van der Waals surface area contributed by atoms with Crippen molar-refractivity contribution in [2.75, 3.05) is 0 Å². The van der Waals surface area contributed by atoms with E-state index in [2.05, 4.69) is 4.98 Å². The van der Waals surface area contributed by atoms with E-state index in [1.54, 1.807) is 18.2 Å². The number of benzene rings is 2. The lowest BCUT2D eigenvalue weighted by molar-refractivity contribution is 0.0699. The van der Waals surface area contributed by atoms with Gasteiger partial charge in [0.05, 0.1) is 17.5 Å². The number of aromatic nitrogens is 2. The third kappa shape index (κ3) is 3.67. The summed E-state index contributed by atoms with van der Waals surface area (Å²) in [6.07, 6.45) is 0. The van der Waals surface area contributed by atoms with Crippen molar-refractivity contribution in [3.63, 3.8) is 0 Å². The Bertz CT molecular complexity index is 1330. The van der Waals surface area contributed by atoms with Gasteiger partial charge in [-0.25, -0.2) is 9.78 Å². The number of carboxylic acids is 1. The van der Waals surface area contributed by atoms with E-state index in [1.165, 1.54) is 9.95 Å². The van der Waals surface area contributed by atoms with Gasteiger partial charge >= 0.3 is 5.97 Å². The van der Waals surface area contributed by atoms with Crippen LogP contribution in [0.15, 0.2) is 52.6 Å². The molecule has 2 aromatic carbocycles. The molecule has 146 valence electrons. The third-order valence-corrected chi connectivity index (χ3v) is 6.00. The predicted octanol–water partition coefficient (Wildman–Crippen LogP) is 5.49. The van der Waals surface area contributed by atoms with Crippen LogP contribution in [-0.2, 0) is 6.54 Å². The molecule has 0 fully saturated rings. The number of rotatable bonds is 4. The molecule has 0 aliphatic rings. The Kier molecular flexibility index (Phi) is 5.17. The predicted molar refractivity (Wildman–Crippen MR) is 117 cm³/mol. The topological polar surface area (TPSA) is 72.2 Å². The summed E-state index contributed by atoms with van der Waals surface area (Å²) in [5.74, 6) is -0.703. The summed E-state index contributed by atoms with van der Waals surface area (Å²) in [4.78, 5) is 30.0. The molecule has 0 amide bonds. The SMILES string of the molecule is Cc1cccc(-c2nc3scc(C(=O)O)c3c(=O)n2Cc2ccc(Cl)cc2Cl)c1. The molecule has 29 heavy (non-hydrogen) atoms. The first-order valence-electron chi connectivity index (χ1n) is 8.61. The molecule has 0 unspecified atom stereocenters. The van der Waals surface area contributed by atoms with Crippen molar-refractivity contribution in [3.8, 4) is 11.4 Å². The van der Waals surface area contributed by atoms with Gasteiger partial charge in [0.1, 0.15) is 10.7 Å². The van der Waals surface area contributed by atoms with Crippen LogP contribution in [0.2, 0.25) is 10.0 Å². The third-order valence-electron chi connectivity index (χ3n) is 4.54. The van der Waals surface area contributed by atoms with E-state index >= 15 is 0 Å². The zero-order chi connectivity index (χ0) is 20.7. The Balaban J connectivity index is 2.01. The normalized spacial score (nSPS) is 11.1. The molecule has 0 bridgehead atoms. The number of carboxylic acid groups (broad SMARTS) is 1. The number of carbonyl (C=O) groups is 1. The van der Waals surface area contributed by atoms with E-state index < -0.39 is 11.5 Å². The van der Waals surface area contributed by atoms with Crippen LogP contribution in [0, 0.1) is 6.92 Å². The molecule has 4 aromatic rings. The number of aromatic carboxylic acids is 1. The molecule has 0 saturated heterocycles. The summed E-state index contributed by atoms with van der Waals surface area (Å²) in [5, 5.41) is 11.9. The second-order valence-electron chi connectivity index (χ2n) is 6.57. The second kappa shape index (κ2) is 7.63. The molecule has 0 radical (unpaired) electrons. The molecule has 0 saturated carbocycles. The number of hydrogen-bond donors (Lipinski definition) is 1. The molecule has 8 heteroatoms. The van der Waals surface area contributed by atoms with E-state index in [-0.39, 0.29) is 17.5 Å². The highest BCUT2D eigenvalue weighted by Gasteiger charge is 2.21. The van der Waals surface area contributed by atoms with Crippen LogP contribution < -0.4 is 5.56 Å². The summed E-state index contributed by atoms with van der Waals surface area (Å²) in [6.45, 7) is 2.09. The molecule has 0 atom stereocenters. The van der Waals surface area contributed by atoms with Gasteiger partial charge < -0.3 is 5.11 Å². The Hall–Kier alpha value is -2.67. The zero-order valence-corrected chi connectivity index (χ0v) is 17.5. The Labute approximate surface area is 179 Å². The van der Waals surface area contributed by atoms with Gasteiger partial charge in [-0.2, -0.15) is 0 Å². The van der Waals surface area contributed by atoms with Crippen LogP contribution in [0.5, 0.6) is 0 Å². The van der Waals surface area contributed by atoms with Crippen LogP contribution in [0.1, 0.15) is 21.5 Å². The lowest BCUT2D eigenvalue weighted by atomic mass is 10.1. The highest BCUT2D eigenvalue weighted by Crippen LogP contribution is 2.28. The molecule has 0 aliphatic heterocycles. The average Bonchev–Trinajstić information content (AvgIpc) is 3.10. The highest BCUT2D eigenvalue weighted by atomic mass is 35.5. The van der Waals surface area contributed by atoms with E-state index in [9.17, 15) is 14.7 Å². The zero-order valence-electron chi connectivity index (χ0n) is 15.1. The van der Waals surface area contributed by atoms with Gasteiger partial charge in [0, 0.05) is 21.0 Å². The van der Waals surface area contributed by atoms with Crippen molar-refractivity contribution in [1.29, 1.82) is 0 Å². The van der Waals surface area contributed by atoms with Crippen molar-refractivity contribution in [3.05, 3.63) is 84.9 Å². The number of thiophene rings is 1. The Morgan fingerprint density at radius 2 is 2.00 bits per heavy atom. The maximum Gasteiger partial charge on any atom is 0.337 e. The fourth-order valence-corrected chi connectivity index (χ4v) is 4.52. The number of hydrogen-bond acceptors (Lipinski definition) is 4. The lowest BCUT2D eigenvalue weighted by Gasteiger charge is -2.14. The first-order valence-corrected chi connectivity index (χ1v) is 10.2. The molecule has 0 aliphatic carbocycles. The number of aryl methyl sites for hydroxylation is 1. The van der Waals surface area contributed by atoms with Gasteiger partial charge in [-0.3, -0.25) is 9.36 Å². The van der Waals surface area contributed by atoms with Crippen molar-refractivity contribution >= 4 is 50.7 Å². The minimum absolute atomic E-state index is 0.0470. The van der Waals surface area contributed by atoms with Crippen LogP contribution in [0.4, 0.5) is 0 Å². The van der Waals surface area contributed by atoms with Gasteiger partial charge in [-0.1, -0.05) is 53.0 Å². The number of halogens is 2. The van der Waals surface area contributed by atoms with Crippen molar-refractivity contribution in [2.24, 2.45) is 0 Å². The van der Waals surface area contributed by atoms with Crippen LogP contribution in [-0.4, -0.2) is 20.6 Å². The van der Waals surface area contributed by atoms with Gasteiger partial charge in [0.2, 0.25) is 0 Å². The van der Waals surface area contributed by atoms with Crippen molar-refractivity contribution in [1.82, 2.24) is 9.55 Å². The monoisotopic (exact) mass is 444 g/mol. The summed E-state index contributed by atoms with van der Waals surface area (Å²) in [5.41, 5.74) is 2.00. The first kappa shape index (κ1) is 19.6. The van der Waals surface area contributed by atoms with Gasteiger partial charge in [-0.15, -0.1) is 11.3 Å². The van der Waals surface area contributed by atoms with Crippen LogP contribution in [0.3, 0.4) is 0 Å². The minimum Gasteiger partial charge on any atom is -0.478 e. The molecule has 5 nitrogen and oxygen atoms in total. The average molecular weight is 445 g/mol. The fourth-order valence-electron chi connectivity index (χ4n) is 3.15.